The summed E-state index contributed by atoms with van der Waals surface area (Å²) >= 11 is 3.43. The molecular formula is C16H15BrN2O3. The van der Waals surface area contributed by atoms with Crippen molar-refractivity contribution in [3.8, 4) is 6.07 Å². The van der Waals surface area contributed by atoms with Crippen molar-refractivity contribution >= 4 is 27.8 Å². The summed E-state index contributed by atoms with van der Waals surface area (Å²) in [6.45, 7) is 2.35. The lowest BCUT2D eigenvalue weighted by Gasteiger charge is -2.34. The molecule has 2 atom stereocenters. The van der Waals surface area contributed by atoms with Crippen molar-refractivity contribution in [3.63, 3.8) is 0 Å². The van der Waals surface area contributed by atoms with Crippen LogP contribution in [0.4, 0.5) is 0 Å². The van der Waals surface area contributed by atoms with Gasteiger partial charge in [-0.15, -0.1) is 0 Å². The average molecular weight is 363 g/mol. The van der Waals surface area contributed by atoms with Gasteiger partial charge < -0.3 is 9.64 Å². The quantitative estimate of drug-likeness (QED) is 0.773. The molecule has 1 fully saturated rings. The highest BCUT2D eigenvalue weighted by atomic mass is 79.9. The fraction of sp³-hybridized carbons (Fsp3) is 0.438. The number of amides is 1. The van der Waals surface area contributed by atoms with Gasteiger partial charge in [-0.2, -0.15) is 5.26 Å². The molecule has 3 rings (SSSR count). The molecule has 22 heavy (non-hydrogen) atoms. The Bertz CT molecular complexity index is 697. The van der Waals surface area contributed by atoms with Gasteiger partial charge in [0.2, 0.25) is 0 Å². The summed E-state index contributed by atoms with van der Waals surface area (Å²) in [5, 5.41) is 9.28. The van der Waals surface area contributed by atoms with E-state index in [1.54, 1.807) is 13.0 Å². The van der Waals surface area contributed by atoms with Crippen LogP contribution in [0.15, 0.2) is 22.7 Å². The number of carbonyl (C=O) groups excluding carboxylic acids is 2. The number of ether oxygens (including phenoxy) is 1. The van der Waals surface area contributed by atoms with Crippen molar-refractivity contribution in [2.24, 2.45) is 5.92 Å². The van der Waals surface area contributed by atoms with Gasteiger partial charge in [-0.3, -0.25) is 9.59 Å². The molecule has 114 valence electrons. The number of hydrogen-bond donors (Lipinski definition) is 0. The maximum Gasteiger partial charge on any atom is 0.325 e. The van der Waals surface area contributed by atoms with Gasteiger partial charge >= 0.3 is 5.97 Å². The van der Waals surface area contributed by atoms with Crippen LogP contribution in [-0.2, 0) is 14.9 Å². The Morgan fingerprint density at radius 1 is 1.59 bits per heavy atom. The first-order valence-corrected chi connectivity index (χ1v) is 7.95. The molecule has 1 aromatic carbocycles. The summed E-state index contributed by atoms with van der Waals surface area (Å²) in [6, 6.07) is 7.79. The van der Waals surface area contributed by atoms with Crippen LogP contribution in [0.25, 0.3) is 0 Å². The first-order chi connectivity index (χ1) is 10.5. The Balaban J connectivity index is 1.96. The predicted molar refractivity (Wildman–Crippen MR) is 82.1 cm³/mol. The minimum absolute atomic E-state index is 0.0674. The van der Waals surface area contributed by atoms with Crippen LogP contribution in [0.1, 0.15) is 29.3 Å². The molecular weight excluding hydrogens is 348 g/mol. The van der Waals surface area contributed by atoms with Crippen molar-refractivity contribution in [1.29, 1.82) is 5.26 Å². The molecule has 1 saturated carbocycles. The van der Waals surface area contributed by atoms with Crippen molar-refractivity contribution in [1.82, 2.24) is 4.90 Å². The highest BCUT2D eigenvalue weighted by Crippen LogP contribution is 2.57. The fourth-order valence-corrected chi connectivity index (χ4v) is 3.58. The Hall–Kier alpha value is -1.87. The predicted octanol–water partition coefficient (Wildman–Crippen LogP) is 2.25. The van der Waals surface area contributed by atoms with Gasteiger partial charge in [-0.25, -0.2) is 0 Å². The normalized spacial score (nSPS) is 25.6. The van der Waals surface area contributed by atoms with E-state index in [9.17, 15) is 14.9 Å². The number of benzene rings is 1. The van der Waals surface area contributed by atoms with Crippen LogP contribution in [0, 0.1) is 17.2 Å². The Labute approximate surface area is 137 Å². The fourth-order valence-electron chi connectivity index (χ4n) is 3.22. The lowest BCUT2D eigenvalue weighted by atomic mass is 9.85. The molecule has 2 aliphatic rings. The van der Waals surface area contributed by atoms with Gasteiger partial charge in [0.15, 0.2) is 0 Å². The first-order valence-electron chi connectivity index (χ1n) is 7.16. The molecule has 0 bridgehead atoms. The minimum atomic E-state index is -0.416. The zero-order chi connectivity index (χ0) is 15.9. The standard InChI is InChI=1S/C16H15BrN2O3/c1-2-22-14(20)8-19-9-16(6-10(16)7-18)13-5-11(17)3-4-12(13)15(19)21/h3-5,10H,2,6,8-9H2,1H3/t10-,16-/m1/s1. The molecule has 0 radical (unpaired) electrons. The highest BCUT2D eigenvalue weighted by molar-refractivity contribution is 9.10. The maximum absolute atomic E-state index is 12.6. The molecule has 0 N–H and O–H groups in total. The van der Waals surface area contributed by atoms with E-state index >= 15 is 0 Å². The van der Waals surface area contributed by atoms with Crippen molar-refractivity contribution in [3.05, 3.63) is 33.8 Å². The van der Waals surface area contributed by atoms with Crippen LogP contribution in [0.5, 0.6) is 0 Å². The molecule has 1 aliphatic heterocycles. The molecule has 0 unspecified atom stereocenters. The van der Waals surface area contributed by atoms with E-state index in [0.717, 1.165) is 16.5 Å². The monoisotopic (exact) mass is 362 g/mol. The van der Waals surface area contributed by atoms with Gasteiger partial charge in [-0.1, -0.05) is 15.9 Å². The third-order valence-electron chi connectivity index (χ3n) is 4.37. The molecule has 1 aliphatic carbocycles. The van der Waals surface area contributed by atoms with Gasteiger partial charge in [0, 0.05) is 22.0 Å². The molecule has 0 aromatic heterocycles. The van der Waals surface area contributed by atoms with E-state index in [-0.39, 0.29) is 30.4 Å². The van der Waals surface area contributed by atoms with Crippen LogP contribution in [0.3, 0.4) is 0 Å². The van der Waals surface area contributed by atoms with E-state index in [0.29, 0.717) is 12.1 Å². The van der Waals surface area contributed by atoms with Crippen molar-refractivity contribution < 1.29 is 14.3 Å². The first kappa shape index (κ1) is 15.0. The lowest BCUT2D eigenvalue weighted by Crippen LogP contribution is -2.46. The number of hydrogen-bond acceptors (Lipinski definition) is 4. The summed E-state index contributed by atoms with van der Waals surface area (Å²) < 4.78 is 5.83. The Morgan fingerprint density at radius 3 is 3.00 bits per heavy atom. The summed E-state index contributed by atoms with van der Waals surface area (Å²) in [5.74, 6) is -0.705. The number of esters is 1. The largest absolute Gasteiger partial charge is 0.465 e. The molecule has 1 heterocycles. The van der Waals surface area contributed by atoms with Crippen LogP contribution in [-0.4, -0.2) is 36.5 Å². The number of nitrogens with zero attached hydrogens (tertiary/aromatic N) is 2. The number of carbonyl (C=O) groups is 2. The summed E-state index contributed by atoms with van der Waals surface area (Å²) in [6.07, 6.45) is 0.722. The highest BCUT2D eigenvalue weighted by Gasteiger charge is 2.60. The SMILES string of the molecule is CCOC(=O)CN1C[C@@]2(C[C@@H]2C#N)c2cc(Br)ccc2C1=O. The number of nitriles is 1. The van der Waals surface area contributed by atoms with E-state index in [1.165, 1.54) is 4.90 Å². The third kappa shape index (κ3) is 2.30. The summed E-state index contributed by atoms with van der Waals surface area (Å²) in [7, 11) is 0. The Kier molecular flexibility index (Phi) is 3.69. The summed E-state index contributed by atoms with van der Waals surface area (Å²) in [5.41, 5.74) is 1.16. The van der Waals surface area contributed by atoms with Crippen molar-refractivity contribution in [2.75, 3.05) is 19.7 Å². The Morgan fingerprint density at radius 2 is 2.36 bits per heavy atom. The molecule has 0 saturated heterocycles. The number of rotatable bonds is 3. The second kappa shape index (κ2) is 5.40. The molecule has 1 amide bonds. The molecule has 1 spiro atoms. The van der Waals surface area contributed by atoms with Gasteiger partial charge in [0.1, 0.15) is 6.54 Å². The maximum atomic E-state index is 12.6. The van der Waals surface area contributed by atoms with E-state index in [1.807, 2.05) is 12.1 Å². The van der Waals surface area contributed by atoms with Crippen LogP contribution in [0.2, 0.25) is 0 Å². The van der Waals surface area contributed by atoms with Gasteiger partial charge in [0.25, 0.3) is 5.91 Å². The number of fused-ring (bicyclic) bond motifs is 2. The van der Waals surface area contributed by atoms with E-state index < -0.39 is 5.97 Å². The third-order valence-corrected chi connectivity index (χ3v) is 4.86. The number of halogens is 1. The molecule has 1 aromatic rings. The molecule has 6 heteroatoms. The average Bonchev–Trinajstić information content (AvgIpc) is 3.19. The van der Waals surface area contributed by atoms with Gasteiger partial charge in [0.05, 0.1) is 18.6 Å². The second-order valence-electron chi connectivity index (χ2n) is 5.70. The van der Waals surface area contributed by atoms with E-state index in [2.05, 4.69) is 22.0 Å². The summed E-state index contributed by atoms with van der Waals surface area (Å²) in [4.78, 5) is 25.8. The van der Waals surface area contributed by atoms with Crippen LogP contribution >= 0.6 is 15.9 Å². The lowest BCUT2D eigenvalue weighted by molar-refractivity contribution is -0.144. The van der Waals surface area contributed by atoms with E-state index in [4.69, 9.17) is 4.74 Å². The van der Waals surface area contributed by atoms with Crippen molar-refractivity contribution in [2.45, 2.75) is 18.8 Å². The smallest absolute Gasteiger partial charge is 0.325 e. The zero-order valence-electron chi connectivity index (χ0n) is 12.1. The van der Waals surface area contributed by atoms with Gasteiger partial charge in [-0.05, 0) is 37.1 Å². The zero-order valence-corrected chi connectivity index (χ0v) is 13.7. The second-order valence-corrected chi connectivity index (χ2v) is 6.61. The minimum Gasteiger partial charge on any atom is -0.465 e. The van der Waals surface area contributed by atoms with Crippen LogP contribution < -0.4 is 0 Å². The molecule has 5 nitrogen and oxygen atoms in total. The topological polar surface area (TPSA) is 70.4 Å².